The zero-order valence-corrected chi connectivity index (χ0v) is 10.7. The molecule has 0 aliphatic heterocycles. The number of hydrazine groups is 1. The fourth-order valence-electron chi connectivity index (χ4n) is 1.30. The van der Waals surface area contributed by atoms with Gasteiger partial charge < -0.3 is 10.7 Å². The molecule has 1 rings (SSSR count). The van der Waals surface area contributed by atoms with E-state index in [1.807, 2.05) is 13.8 Å². The third-order valence-corrected chi connectivity index (χ3v) is 2.74. The summed E-state index contributed by atoms with van der Waals surface area (Å²) in [6, 6.07) is 0. The Labute approximate surface area is 96.8 Å². The van der Waals surface area contributed by atoms with Crippen LogP contribution < -0.4 is 16.6 Å². The van der Waals surface area contributed by atoms with Crippen LogP contribution in [0.1, 0.15) is 38.6 Å². The molecule has 0 bridgehead atoms. The minimum Gasteiger partial charge on any atom is -0.365 e. The Morgan fingerprint density at radius 1 is 1.19 bits per heavy atom. The highest BCUT2D eigenvalue weighted by Gasteiger charge is 2.18. The van der Waals surface area contributed by atoms with Gasteiger partial charge >= 0.3 is 0 Å². The van der Waals surface area contributed by atoms with Gasteiger partial charge in [0, 0.05) is 11.1 Å². The van der Waals surface area contributed by atoms with Crippen LogP contribution in [0.3, 0.4) is 0 Å². The minimum absolute atomic E-state index is 0.0113. The summed E-state index contributed by atoms with van der Waals surface area (Å²) in [4.78, 5) is 8.62. The second-order valence-corrected chi connectivity index (χ2v) is 4.60. The van der Waals surface area contributed by atoms with Gasteiger partial charge in [0.2, 0.25) is 0 Å². The van der Waals surface area contributed by atoms with Crippen molar-refractivity contribution < 1.29 is 0 Å². The number of nitrogens with zero attached hydrogens (tertiary/aromatic N) is 2. The van der Waals surface area contributed by atoms with Crippen molar-refractivity contribution in [1.82, 2.24) is 9.97 Å². The molecule has 0 spiro atoms. The van der Waals surface area contributed by atoms with Gasteiger partial charge in [0.05, 0.1) is 0 Å². The van der Waals surface area contributed by atoms with Gasteiger partial charge in [-0.15, -0.1) is 0 Å². The molecule has 0 radical (unpaired) electrons. The van der Waals surface area contributed by atoms with Crippen LogP contribution in [0.15, 0.2) is 0 Å². The van der Waals surface area contributed by atoms with E-state index in [0.717, 1.165) is 17.8 Å². The Balaban J connectivity index is 3.09. The molecule has 0 unspecified atom stereocenters. The van der Waals surface area contributed by atoms with Crippen LogP contribution in [0.25, 0.3) is 0 Å². The quantitative estimate of drug-likeness (QED) is 0.537. The van der Waals surface area contributed by atoms with Crippen molar-refractivity contribution in [3.8, 4) is 0 Å². The summed E-state index contributed by atoms with van der Waals surface area (Å²) in [7, 11) is 0. The Morgan fingerprint density at radius 2 is 1.75 bits per heavy atom. The molecule has 0 aliphatic carbocycles. The second-order valence-electron chi connectivity index (χ2n) is 4.60. The third kappa shape index (κ3) is 2.82. The van der Waals surface area contributed by atoms with E-state index in [4.69, 9.17) is 5.84 Å². The number of aromatic nitrogens is 2. The van der Waals surface area contributed by atoms with Gasteiger partial charge in [-0.3, -0.25) is 0 Å². The molecule has 5 nitrogen and oxygen atoms in total. The fourth-order valence-corrected chi connectivity index (χ4v) is 1.30. The zero-order valence-electron chi connectivity index (χ0n) is 10.7. The van der Waals surface area contributed by atoms with Crippen molar-refractivity contribution in [3.63, 3.8) is 0 Å². The Kier molecular flexibility index (Phi) is 3.70. The zero-order chi connectivity index (χ0) is 12.3. The van der Waals surface area contributed by atoms with Gasteiger partial charge in [0.25, 0.3) is 0 Å². The summed E-state index contributed by atoms with van der Waals surface area (Å²) < 4.78 is 0. The van der Waals surface area contributed by atoms with Gasteiger partial charge in [-0.1, -0.05) is 6.92 Å². The van der Waals surface area contributed by atoms with Crippen LogP contribution in [0, 0.1) is 13.8 Å². The summed E-state index contributed by atoms with van der Waals surface area (Å²) >= 11 is 0. The lowest BCUT2D eigenvalue weighted by Crippen LogP contribution is -2.31. The van der Waals surface area contributed by atoms with Gasteiger partial charge in [0.1, 0.15) is 17.5 Å². The van der Waals surface area contributed by atoms with Crippen LogP contribution in [0.4, 0.5) is 11.6 Å². The summed E-state index contributed by atoms with van der Waals surface area (Å²) in [5.74, 6) is 7.63. The maximum Gasteiger partial charge on any atom is 0.148 e. The number of aryl methyl sites for hydroxylation is 1. The molecule has 0 atom stereocenters. The molecular formula is C11H21N5. The first-order valence-electron chi connectivity index (χ1n) is 5.49. The molecule has 0 amide bonds. The van der Waals surface area contributed by atoms with Crippen LogP contribution in [-0.2, 0) is 0 Å². The third-order valence-electron chi connectivity index (χ3n) is 2.74. The van der Waals surface area contributed by atoms with Crippen LogP contribution in [-0.4, -0.2) is 15.5 Å². The number of rotatable bonds is 4. The van der Waals surface area contributed by atoms with Crippen molar-refractivity contribution in [2.75, 3.05) is 10.7 Å². The highest BCUT2D eigenvalue weighted by atomic mass is 15.3. The van der Waals surface area contributed by atoms with E-state index in [0.29, 0.717) is 11.6 Å². The minimum atomic E-state index is 0.0113. The summed E-state index contributed by atoms with van der Waals surface area (Å²) in [6.45, 7) is 10.2. The molecule has 0 aliphatic rings. The standard InChI is InChI=1S/C11H21N5/c1-6-11(4,5)15-9-7(2)10(16-12)14-8(3)13-9/h6,12H2,1-5H3,(H2,13,14,15,16). The van der Waals surface area contributed by atoms with Gasteiger partial charge in [-0.05, 0) is 34.1 Å². The summed E-state index contributed by atoms with van der Waals surface area (Å²) in [5, 5.41) is 3.41. The normalized spacial score (nSPS) is 11.4. The molecular weight excluding hydrogens is 202 g/mol. The van der Waals surface area contributed by atoms with Crippen LogP contribution >= 0.6 is 0 Å². The van der Waals surface area contributed by atoms with Crippen LogP contribution in [0.5, 0.6) is 0 Å². The van der Waals surface area contributed by atoms with E-state index in [1.54, 1.807) is 0 Å². The molecule has 90 valence electrons. The van der Waals surface area contributed by atoms with Crippen molar-refractivity contribution in [2.45, 2.75) is 46.6 Å². The highest BCUT2D eigenvalue weighted by molar-refractivity contribution is 5.57. The van der Waals surface area contributed by atoms with E-state index >= 15 is 0 Å². The molecule has 0 saturated heterocycles. The largest absolute Gasteiger partial charge is 0.365 e. The smallest absolute Gasteiger partial charge is 0.148 e. The Morgan fingerprint density at radius 3 is 2.25 bits per heavy atom. The van der Waals surface area contributed by atoms with E-state index in [2.05, 4.69) is 41.5 Å². The van der Waals surface area contributed by atoms with Crippen molar-refractivity contribution >= 4 is 11.6 Å². The van der Waals surface area contributed by atoms with Crippen molar-refractivity contribution in [1.29, 1.82) is 0 Å². The topological polar surface area (TPSA) is 75.9 Å². The Hall–Kier alpha value is -1.36. The van der Waals surface area contributed by atoms with Crippen LogP contribution in [0.2, 0.25) is 0 Å². The molecule has 0 saturated carbocycles. The second kappa shape index (κ2) is 4.65. The predicted octanol–water partition coefficient (Wildman–Crippen LogP) is 1.98. The Bertz CT molecular complexity index is 373. The molecule has 4 N–H and O–H groups in total. The molecule has 1 aromatic rings. The SMILES string of the molecule is CCC(C)(C)Nc1nc(C)nc(NN)c1C. The summed E-state index contributed by atoms with van der Waals surface area (Å²) in [5.41, 5.74) is 3.54. The number of nitrogen functional groups attached to an aromatic ring is 1. The lowest BCUT2D eigenvalue weighted by atomic mass is 10.0. The highest BCUT2D eigenvalue weighted by Crippen LogP contribution is 2.23. The number of nitrogens with two attached hydrogens (primary N) is 1. The molecule has 5 heteroatoms. The maximum atomic E-state index is 5.42. The van der Waals surface area contributed by atoms with E-state index < -0.39 is 0 Å². The van der Waals surface area contributed by atoms with E-state index in [-0.39, 0.29) is 5.54 Å². The number of anilines is 2. The lowest BCUT2D eigenvalue weighted by molar-refractivity contribution is 0.544. The van der Waals surface area contributed by atoms with Crippen molar-refractivity contribution in [3.05, 3.63) is 11.4 Å². The first-order valence-corrected chi connectivity index (χ1v) is 5.49. The van der Waals surface area contributed by atoms with Crippen molar-refractivity contribution in [2.24, 2.45) is 5.84 Å². The average molecular weight is 223 g/mol. The molecule has 16 heavy (non-hydrogen) atoms. The van der Waals surface area contributed by atoms with Gasteiger partial charge in [-0.25, -0.2) is 15.8 Å². The number of hydrogen-bond donors (Lipinski definition) is 3. The predicted molar refractivity (Wildman–Crippen MR) is 67.3 cm³/mol. The molecule has 1 aromatic heterocycles. The average Bonchev–Trinajstić information content (AvgIpc) is 2.22. The monoisotopic (exact) mass is 223 g/mol. The summed E-state index contributed by atoms with van der Waals surface area (Å²) in [6.07, 6.45) is 1.01. The van der Waals surface area contributed by atoms with Gasteiger partial charge in [0.15, 0.2) is 0 Å². The number of hydrogen-bond acceptors (Lipinski definition) is 5. The first kappa shape index (κ1) is 12.7. The maximum absolute atomic E-state index is 5.42. The first-order chi connectivity index (χ1) is 7.39. The fraction of sp³-hybridized carbons (Fsp3) is 0.636. The van der Waals surface area contributed by atoms with Gasteiger partial charge in [-0.2, -0.15) is 0 Å². The molecule has 0 aromatic carbocycles. The van der Waals surface area contributed by atoms with E-state index in [9.17, 15) is 0 Å². The van der Waals surface area contributed by atoms with E-state index in [1.165, 1.54) is 0 Å². The number of nitrogens with one attached hydrogen (secondary N) is 2. The molecule has 0 fully saturated rings. The lowest BCUT2D eigenvalue weighted by Gasteiger charge is -2.26. The molecule has 1 heterocycles.